The maximum atomic E-state index is 11.2. The Bertz CT molecular complexity index is 309. The zero-order valence-electron chi connectivity index (χ0n) is 9.87. The largest absolute Gasteiger partial charge is 0.464 e. The molecule has 1 aliphatic heterocycles. The van der Waals surface area contributed by atoms with Gasteiger partial charge >= 0.3 is 5.97 Å². The Kier molecular flexibility index (Phi) is 6.06. The Balaban J connectivity index is 2.27. The van der Waals surface area contributed by atoms with Crippen molar-refractivity contribution in [2.24, 2.45) is 0 Å². The monoisotopic (exact) mass is 260 g/mol. The quantitative estimate of drug-likeness (QED) is 0.202. The number of rotatable bonds is 9. The molecular formula is C10H16N2O6. The summed E-state index contributed by atoms with van der Waals surface area (Å²) in [6, 6.07) is -0.570. The fourth-order valence-corrected chi connectivity index (χ4v) is 1.79. The summed E-state index contributed by atoms with van der Waals surface area (Å²) in [5.74, 6) is -0.313. The van der Waals surface area contributed by atoms with Crippen molar-refractivity contribution in [3.8, 4) is 0 Å². The Morgan fingerprint density at radius 2 is 2.44 bits per heavy atom. The predicted octanol–water partition coefficient (Wildman–Crippen LogP) is -0.162. The zero-order chi connectivity index (χ0) is 13.4. The lowest BCUT2D eigenvalue weighted by molar-refractivity contribution is -0.757. The third kappa shape index (κ3) is 5.09. The minimum atomic E-state index is -0.851. The van der Waals surface area contributed by atoms with Crippen LogP contribution in [0.25, 0.3) is 0 Å². The van der Waals surface area contributed by atoms with E-state index < -0.39 is 5.09 Å². The fourth-order valence-electron chi connectivity index (χ4n) is 1.79. The van der Waals surface area contributed by atoms with Gasteiger partial charge in [-0.15, -0.1) is 10.1 Å². The summed E-state index contributed by atoms with van der Waals surface area (Å²) in [6.07, 6.45) is 2.55. The van der Waals surface area contributed by atoms with E-state index in [-0.39, 0.29) is 31.1 Å². The van der Waals surface area contributed by atoms with Crippen molar-refractivity contribution in [2.75, 3.05) is 13.2 Å². The Morgan fingerprint density at radius 1 is 1.67 bits per heavy atom. The molecule has 1 fully saturated rings. The van der Waals surface area contributed by atoms with Crippen LogP contribution in [0.4, 0.5) is 0 Å². The van der Waals surface area contributed by atoms with E-state index >= 15 is 0 Å². The van der Waals surface area contributed by atoms with Gasteiger partial charge in [0.2, 0.25) is 0 Å². The van der Waals surface area contributed by atoms with Crippen molar-refractivity contribution in [2.45, 2.75) is 37.8 Å². The molecule has 102 valence electrons. The first-order valence-electron chi connectivity index (χ1n) is 5.77. The second-order valence-electron chi connectivity index (χ2n) is 3.97. The average molecular weight is 260 g/mol. The highest BCUT2D eigenvalue weighted by molar-refractivity contribution is 5.77. The van der Waals surface area contributed by atoms with E-state index in [2.05, 4.69) is 10.2 Å². The molecule has 1 N–H and O–H groups in total. The van der Waals surface area contributed by atoms with Crippen LogP contribution in [-0.2, 0) is 19.2 Å². The molecule has 18 heavy (non-hydrogen) atoms. The SMILES string of the molecule is O=CCC(CCCO[N+](=O)[O-])NC1CCOC1=O. The van der Waals surface area contributed by atoms with E-state index in [1.807, 2.05) is 0 Å². The van der Waals surface area contributed by atoms with E-state index in [0.29, 0.717) is 25.9 Å². The molecule has 0 aromatic rings. The van der Waals surface area contributed by atoms with Crippen LogP contribution < -0.4 is 5.32 Å². The molecule has 0 amide bonds. The molecule has 0 aliphatic carbocycles. The van der Waals surface area contributed by atoms with Crippen LogP contribution in [0.1, 0.15) is 25.7 Å². The van der Waals surface area contributed by atoms with Gasteiger partial charge in [-0.3, -0.25) is 4.79 Å². The van der Waals surface area contributed by atoms with Crippen molar-refractivity contribution in [3.63, 3.8) is 0 Å². The summed E-state index contributed by atoms with van der Waals surface area (Å²) in [5.41, 5.74) is 0. The topological polar surface area (TPSA) is 108 Å². The highest BCUT2D eigenvalue weighted by atomic mass is 16.9. The average Bonchev–Trinajstić information content (AvgIpc) is 2.70. The molecule has 8 nitrogen and oxygen atoms in total. The number of nitrogens with one attached hydrogen (secondary N) is 1. The first-order valence-corrected chi connectivity index (χ1v) is 5.77. The van der Waals surface area contributed by atoms with Crippen LogP contribution in [0, 0.1) is 10.1 Å². The molecule has 0 aromatic carbocycles. The van der Waals surface area contributed by atoms with Gasteiger partial charge < -0.3 is 19.7 Å². The van der Waals surface area contributed by atoms with Gasteiger partial charge in [0.25, 0.3) is 5.09 Å². The van der Waals surface area contributed by atoms with Crippen LogP contribution in [0.5, 0.6) is 0 Å². The third-order valence-corrected chi connectivity index (χ3v) is 2.65. The Hall–Kier alpha value is -1.70. The summed E-state index contributed by atoms with van der Waals surface area (Å²) >= 11 is 0. The molecule has 0 bridgehead atoms. The summed E-state index contributed by atoms with van der Waals surface area (Å²) in [4.78, 5) is 35.9. The van der Waals surface area contributed by atoms with E-state index in [0.717, 1.165) is 6.29 Å². The van der Waals surface area contributed by atoms with E-state index in [4.69, 9.17) is 4.74 Å². The number of ether oxygens (including phenoxy) is 1. The number of esters is 1. The van der Waals surface area contributed by atoms with Crippen LogP contribution in [0.3, 0.4) is 0 Å². The molecule has 0 spiro atoms. The van der Waals surface area contributed by atoms with Gasteiger partial charge in [-0.2, -0.15) is 0 Å². The normalized spacial score (nSPS) is 20.2. The number of aldehydes is 1. The minimum absolute atomic E-state index is 0.0147. The zero-order valence-corrected chi connectivity index (χ0v) is 9.87. The maximum absolute atomic E-state index is 11.2. The van der Waals surface area contributed by atoms with Crippen molar-refractivity contribution in [1.82, 2.24) is 5.32 Å². The third-order valence-electron chi connectivity index (χ3n) is 2.65. The lowest BCUT2D eigenvalue weighted by atomic mass is 10.1. The highest BCUT2D eigenvalue weighted by Crippen LogP contribution is 2.10. The lowest BCUT2D eigenvalue weighted by Crippen LogP contribution is -2.41. The van der Waals surface area contributed by atoms with Crippen molar-refractivity contribution in [3.05, 3.63) is 10.1 Å². The van der Waals surface area contributed by atoms with Crippen molar-refractivity contribution >= 4 is 12.3 Å². The Labute approximate surface area is 104 Å². The fraction of sp³-hybridized carbons (Fsp3) is 0.800. The maximum Gasteiger partial charge on any atom is 0.323 e. The minimum Gasteiger partial charge on any atom is -0.464 e. The first kappa shape index (κ1) is 14.4. The van der Waals surface area contributed by atoms with Gasteiger partial charge in [0, 0.05) is 18.9 Å². The number of carbonyl (C=O) groups excluding carboxylic acids is 2. The number of cyclic esters (lactones) is 1. The highest BCUT2D eigenvalue weighted by Gasteiger charge is 2.28. The van der Waals surface area contributed by atoms with Crippen molar-refractivity contribution < 1.29 is 24.3 Å². The molecule has 8 heteroatoms. The second kappa shape index (κ2) is 7.59. The van der Waals surface area contributed by atoms with E-state index in [1.165, 1.54) is 0 Å². The van der Waals surface area contributed by atoms with Gasteiger partial charge in [-0.25, -0.2) is 0 Å². The molecule has 1 heterocycles. The van der Waals surface area contributed by atoms with Crippen LogP contribution in [-0.4, -0.2) is 42.6 Å². The number of hydrogen-bond donors (Lipinski definition) is 1. The van der Waals surface area contributed by atoms with Crippen LogP contribution in [0.2, 0.25) is 0 Å². The molecule has 2 atom stereocenters. The van der Waals surface area contributed by atoms with Gasteiger partial charge in [0.05, 0.1) is 13.2 Å². The number of hydrogen-bond acceptors (Lipinski definition) is 7. The Morgan fingerprint density at radius 3 is 3.00 bits per heavy atom. The number of carbonyl (C=O) groups is 2. The van der Waals surface area contributed by atoms with E-state index in [9.17, 15) is 19.7 Å². The molecular weight excluding hydrogens is 244 g/mol. The summed E-state index contributed by atoms with van der Waals surface area (Å²) in [5, 5.41) is 12.1. The molecule has 1 rings (SSSR count). The molecule has 1 saturated heterocycles. The summed E-state index contributed by atoms with van der Waals surface area (Å²) < 4.78 is 4.80. The smallest absolute Gasteiger partial charge is 0.323 e. The molecule has 0 aromatic heterocycles. The molecule has 2 unspecified atom stereocenters. The van der Waals surface area contributed by atoms with Gasteiger partial charge in [-0.05, 0) is 12.8 Å². The standard InChI is InChI=1S/C10H16N2O6/c13-5-3-8(2-1-6-18-12(15)16)11-9-4-7-17-10(9)14/h5,8-9,11H,1-4,6-7H2. The second-order valence-corrected chi connectivity index (χ2v) is 3.97. The molecule has 0 radical (unpaired) electrons. The number of nitrogens with zero attached hydrogens (tertiary/aromatic N) is 1. The summed E-state index contributed by atoms with van der Waals surface area (Å²) in [6.45, 7) is 0.369. The van der Waals surface area contributed by atoms with Gasteiger partial charge in [0.15, 0.2) is 0 Å². The molecule has 0 saturated carbocycles. The lowest BCUT2D eigenvalue weighted by Gasteiger charge is -2.18. The van der Waals surface area contributed by atoms with Crippen LogP contribution >= 0.6 is 0 Å². The van der Waals surface area contributed by atoms with Crippen LogP contribution in [0.15, 0.2) is 0 Å². The van der Waals surface area contributed by atoms with E-state index in [1.54, 1.807) is 0 Å². The molecule has 1 aliphatic rings. The predicted molar refractivity (Wildman–Crippen MR) is 59.1 cm³/mol. The van der Waals surface area contributed by atoms with Gasteiger partial charge in [0.1, 0.15) is 12.3 Å². The van der Waals surface area contributed by atoms with Gasteiger partial charge in [-0.1, -0.05) is 0 Å². The summed E-state index contributed by atoms with van der Waals surface area (Å²) in [7, 11) is 0. The van der Waals surface area contributed by atoms with Crippen molar-refractivity contribution in [1.29, 1.82) is 0 Å². The first-order chi connectivity index (χ1) is 8.63.